The fraction of sp³-hybridized carbons (Fsp3) is 0.643. The van der Waals surface area contributed by atoms with Gasteiger partial charge >= 0.3 is 0 Å². The minimum Gasteiger partial charge on any atom is -0.396 e. The number of rotatable bonds is 7. The third-order valence-electron chi connectivity index (χ3n) is 8.43. The highest BCUT2D eigenvalue weighted by Crippen LogP contribution is 2.62. The zero-order valence-corrected chi connectivity index (χ0v) is 23.3. The van der Waals surface area contributed by atoms with Gasteiger partial charge in [0.2, 0.25) is 11.8 Å². The zero-order valence-electron chi connectivity index (χ0n) is 22.5. The van der Waals surface area contributed by atoms with Gasteiger partial charge in [0.25, 0.3) is 0 Å². The van der Waals surface area contributed by atoms with Gasteiger partial charge in [0, 0.05) is 48.0 Å². The van der Waals surface area contributed by atoms with Crippen LogP contribution < -0.4 is 10.6 Å². The summed E-state index contributed by atoms with van der Waals surface area (Å²) in [6, 6.07) is 3.76. The summed E-state index contributed by atoms with van der Waals surface area (Å²) in [6.45, 7) is 10.5. The van der Waals surface area contributed by atoms with E-state index in [9.17, 15) is 19.8 Å². The molecular weight excluding hydrogens is 488 g/mol. The Balaban J connectivity index is 1.64. The van der Waals surface area contributed by atoms with Crippen LogP contribution in [0.25, 0.3) is 0 Å². The van der Waals surface area contributed by atoms with Crippen molar-refractivity contribution >= 4 is 28.3 Å². The quantitative estimate of drug-likeness (QED) is 0.430. The number of hydrogen-bond donors (Lipinski definition) is 4. The van der Waals surface area contributed by atoms with Crippen LogP contribution in [0.2, 0.25) is 0 Å². The lowest BCUT2D eigenvalue weighted by atomic mass is 9.47. The van der Waals surface area contributed by atoms with Crippen LogP contribution in [0.3, 0.4) is 0 Å². The Kier molecular flexibility index (Phi) is 7.79. The number of pyridine rings is 1. The molecular formula is C28H40N4O4S. The second kappa shape index (κ2) is 10.4. The van der Waals surface area contributed by atoms with Gasteiger partial charge in [0.1, 0.15) is 0 Å². The lowest BCUT2D eigenvalue weighted by Gasteiger charge is -2.58. The predicted octanol–water partition coefficient (Wildman–Crippen LogP) is 4.03. The maximum Gasteiger partial charge on any atom is 0.226 e. The van der Waals surface area contributed by atoms with Crippen molar-refractivity contribution in [1.82, 2.24) is 15.3 Å². The maximum atomic E-state index is 13.2. The number of carbonyl (C=O) groups is 2. The molecule has 4 rings (SSSR count). The number of aliphatic hydroxyl groups excluding tert-OH is 2. The standard InChI is InChI=1S/C28H40N4O4S/c1-26(2,3)13-23(36)31-25-32-24-18(11-22(35)30-15-17-7-6-10-29-14-17)27(4)9-8-21(34)28(5,16-33)20(27)12-19(24)37-25/h6-7,10,14,18,20-21,33-34H,8-9,11-13,15-16H2,1-5H3,(H,30,35)(H,31,32,36)/t18-,20+,21-,27+,28+/m1/s1. The van der Waals surface area contributed by atoms with Crippen LogP contribution >= 0.6 is 11.3 Å². The summed E-state index contributed by atoms with van der Waals surface area (Å²) in [6.07, 6.45) is 5.40. The summed E-state index contributed by atoms with van der Waals surface area (Å²) < 4.78 is 0. The van der Waals surface area contributed by atoms with E-state index in [1.807, 2.05) is 39.8 Å². The summed E-state index contributed by atoms with van der Waals surface area (Å²) in [5.74, 6) is -0.387. The van der Waals surface area contributed by atoms with Gasteiger partial charge in [0.05, 0.1) is 18.4 Å². The number of fused-ring (bicyclic) bond motifs is 2. The molecule has 2 aliphatic carbocycles. The Bertz CT molecular complexity index is 1130. The molecule has 0 aliphatic heterocycles. The van der Waals surface area contributed by atoms with Crippen LogP contribution in [0.4, 0.5) is 5.13 Å². The molecule has 0 spiro atoms. The first-order valence-electron chi connectivity index (χ1n) is 13.1. The minimum atomic E-state index is -0.686. The summed E-state index contributed by atoms with van der Waals surface area (Å²) in [4.78, 5) is 35.9. The molecule has 37 heavy (non-hydrogen) atoms. The Hall–Kier alpha value is -2.36. The molecule has 2 aromatic heterocycles. The van der Waals surface area contributed by atoms with Crippen LogP contribution in [0.1, 0.15) is 82.4 Å². The molecule has 0 saturated heterocycles. The summed E-state index contributed by atoms with van der Waals surface area (Å²) in [5.41, 5.74) is 0.626. The number of aromatic nitrogens is 2. The van der Waals surface area contributed by atoms with E-state index in [1.165, 1.54) is 11.3 Å². The fourth-order valence-corrected chi connectivity index (χ4v) is 7.39. The summed E-state index contributed by atoms with van der Waals surface area (Å²) >= 11 is 1.45. The third-order valence-corrected chi connectivity index (χ3v) is 9.44. The molecule has 1 saturated carbocycles. The molecule has 0 bridgehead atoms. The smallest absolute Gasteiger partial charge is 0.226 e. The van der Waals surface area contributed by atoms with Crippen LogP contribution in [0.5, 0.6) is 0 Å². The highest BCUT2D eigenvalue weighted by Gasteiger charge is 2.59. The monoisotopic (exact) mass is 528 g/mol. The molecule has 4 N–H and O–H groups in total. The van der Waals surface area contributed by atoms with Gasteiger partial charge in [0.15, 0.2) is 5.13 Å². The van der Waals surface area contributed by atoms with Crippen LogP contribution in [-0.2, 0) is 22.6 Å². The zero-order chi connectivity index (χ0) is 27.0. The molecule has 5 atom stereocenters. The summed E-state index contributed by atoms with van der Waals surface area (Å²) in [7, 11) is 0. The minimum absolute atomic E-state index is 0.0315. The molecule has 2 aromatic rings. The lowest BCUT2D eigenvalue weighted by molar-refractivity contribution is -0.144. The molecule has 0 unspecified atom stereocenters. The van der Waals surface area contributed by atoms with Gasteiger partial charge in [-0.1, -0.05) is 40.7 Å². The Morgan fingerprint density at radius 2 is 2.00 bits per heavy atom. The molecule has 202 valence electrons. The Morgan fingerprint density at radius 3 is 2.65 bits per heavy atom. The number of aliphatic hydroxyl groups is 2. The van der Waals surface area contributed by atoms with Gasteiger partial charge in [-0.2, -0.15) is 0 Å². The van der Waals surface area contributed by atoms with Crippen molar-refractivity contribution in [1.29, 1.82) is 0 Å². The normalized spacial score (nSPS) is 29.2. The maximum absolute atomic E-state index is 13.2. The first-order valence-corrected chi connectivity index (χ1v) is 13.9. The fourth-order valence-electron chi connectivity index (χ4n) is 6.31. The van der Waals surface area contributed by atoms with E-state index in [4.69, 9.17) is 4.98 Å². The second-order valence-electron chi connectivity index (χ2n) is 12.5. The lowest BCUT2D eigenvalue weighted by Crippen LogP contribution is -2.57. The molecule has 8 nitrogen and oxygen atoms in total. The number of amides is 2. The average molecular weight is 529 g/mol. The van der Waals surface area contributed by atoms with Crippen molar-refractivity contribution in [3.63, 3.8) is 0 Å². The highest BCUT2D eigenvalue weighted by molar-refractivity contribution is 7.15. The van der Waals surface area contributed by atoms with Crippen molar-refractivity contribution in [2.24, 2.45) is 22.2 Å². The SMILES string of the molecule is CC(C)(C)CC(=O)Nc1nc2c(s1)C[C@@H]1[C@](C)(CO)[C@H](O)CC[C@@]1(C)[C@@H]2CC(=O)NCc1cccnc1. The van der Waals surface area contributed by atoms with E-state index in [0.29, 0.717) is 30.9 Å². The third kappa shape index (κ3) is 5.73. The van der Waals surface area contributed by atoms with E-state index < -0.39 is 11.5 Å². The van der Waals surface area contributed by atoms with Gasteiger partial charge in [-0.15, -0.1) is 11.3 Å². The van der Waals surface area contributed by atoms with Crippen molar-refractivity contribution in [3.05, 3.63) is 40.7 Å². The molecule has 2 aliphatic rings. The van der Waals surface area contributed by atoms with E-state index in [0.717, 1.165) is 22.6 Å². The average Bonchev–Trinajstić information content (AvgIpc) is 3.23. The van der Waals surface area contributed by atoms with E-state index in [2.05, 4.69) is 22.5 Å². The molecule has 2 amide bonds. The van der Waals surface area contributed by atoms with E-state index in [-0.39, 0.29) is 47.5 Å². The number of hydrogen-bond acceptors (Lipinski definition) is 7. The molecule has 9 heteroatoms. The second-order valence-corrected chi connectivity index (χ2v) is 13.6. The number of anilines is 1. The van der Waals surface area contributed by atoms with Crippen molar-refractivity contribution in [2.45, 2.75) is 85.3 Å². The van der Waals surface area contributed by atoms with Gasteiger partial charge in [-0.05, 0) is 47.6 Å². The van der Waals surface area contributed by atoms with Gasteiger partial charge in [-0.3, -0.25) is 14.6 Å². The number of carbonyl (C=O) groups excluding carboxylic acids is 2. The number of thiazole rings is 1. The number of nitrogens with one attached hydrogen (secondary N) is 2. The molecule has 2 heterocycles. The topological polar surface area (TPSA) is 124 Å². The van der Waals surface area contributed by atoms with Gasteiger partial charge in [-0.25, -0.2) is 4.98 Å². The van der Waals surface area contributed by atoms with E-state index in [1.54, 1.807) is 12.4 Å². The summed E-state index contributed by atoms with van der Waals surface area (Å²) in [5, 5.41) is 27.9. The molecule has 0 radical (unpaired) electrons. The first kappa shape index (κ1) is 27.7. The highest BCUT2D eigenvalue weighted by atomic mass is 32.1. The predicted molar refractivity (Wildman–Crippen MR) is 144 cm³/mol. The number of nitrogens with zero attached hydrogens (tertiary/aromatic N) is 2. The van der Waals surface area contributed by atoms with E-state index >= 15 is 0 Å². The van der Waals surface area contributed by atoms with Gasteiger partial charge < -0.3 is 20.8 Å². The van der Waals surface area contributed by atoms with Crippen LogP contribution in [0.15, 0.2) is 24.5 Å². The van der Waals surface area contributed by atoms with Crippen molar-refractivity contribution in [3.8, 4) is 0 Å². The molecule has 1 fully saturated rings. The van der Waals surface area contributed by atoms with Crippen molar-refractivity contribution < 1.29 is 19.8 Å². The Morgan fingerprint density at radius 1 is 1.24 bits per heavy atom. The Labute approximate surface area is 223 Å². The molecule has 0 aromatic carbocycles. The first-order chi connectivity index (χ1) is 17.4. The largest absolute Gasteiger partial charge is 0.396 e. The van der Waals surface area contributed by atoms with Crippen molar-refractivity contribution in [2.75, 3.05) is 11.9 Å². The van der Waals surface area contributed by atoms with Crippen LogP contribution in [0, 0.1) is 22.2 Å². The van der Waals surface area contributed by atoms with Crippen LogP contribution in [-0.4, -0.2) is 44.7 Å².